The molecular weight excluding hydrogens is 390 g/mol. The Morgan fingerprint density at radius 1 is 0.903 bits per heavy atom. The third-order valence-electron chi connectivity index (χ3n) is 4.72. The summed E-state index contributed by atoms with van der Waals surface area (Å²) >= 11 is 0. The minimum Gasteiger partial charge on any atom is -0.496 e. The predicted octanol–water partition coefficient (Wildman–Crippen LogP) is 3.70. The van der Waals surface area contributed by atoms with Gasteiger partial charge in [0.1, 0.15) is 11.6 Å². The van der Waals surface area contributed by atoms with Crippen molar-refractivity contribution in [1.82, 2.24) is 24.9 Å². The van der Waals surface area contributed by atoms with Crippen LogP contribution in [-0.4, -0.2) is 45.6 Å². The highest BCUT2D eigenvalue weighted by Gasteiger charge is 2.13. The van der Waals surface area contributed by atoms with Crippen LogP contribution in [0.2, 0.25) is 0 Å². The van der Waals surface area contributed by atoms with Gasteiger partial charge in [-0.15, -0.1) is 0 Å². The number of nitrogens with zero attached hydrogens (tertiary/aromatic N) is 5. The molecule has 0 bridgehead atoms. The standard InChI is InChI=1S/C23H23N7O/c1-24-21-18(15-28-23(30-21)27-12-9-16-6-5-11-25-14-16)19-10-13-26-22(29-19)17-7-3-4-8-20(17)31-2/h3-8,10-11,13-15H,9,12H2,1-2H3,(H2,24,27,28,30). The van der Waals surface area contributed by atoms with Crippen molar-refractivity contribution in [3.05, 3.63) is 72.8 Å². The zero-order valence-electron chi connectivity index (χ0n) is 17.4. The van der Waals surface area contributed by atoms with E-state index in [2.05, 4.69) is 30.6 Å². The Kier molecular flexibility index (Phi) is 6.27. The van der Waals surface area contributed by atoms with Crippen LogP contribution in [0.4, 0.5) is 11.8 Å². The van der Waals surface area contributed by atoms with Crippen molar-refractivity contribution >= 4 is 11.8 Å². The number of pyridine rings is 1. The van der Waals surface area contributed by atoms with E-state index in [1.807, 2.05) is 55.7 Å². The minimum absolute atomic E-state index is 0.552. The summed E-state index contributed by atoms with van der Waals surface area (Å²) in [5, 5.41) is 6.40. The first-order valence-corrected chi connectivity index (χ1v) is 9.93. The molecule has 31 heavy (non-hydrogen) atoms. The number of ether oxygens (including phenoxy) is 1. The van der Waals surface area contributed by atoms with Crippen LogP contribution in [0.15, 0.2) is 67.3 Å². The van der Waals surface area contributed by atoms with Crippen LogP contribution in [-0.2, 0) is 6.42 Å². The maximum Gasteiger partial charge on any atom is 0.224 e. The molecule has 0 aliphatic carbocycles. The first kappa shape index (κ1) is 20.2. The quantitative estimate of drug-likeness (QED) is 0.451. The van der Waals surface area contributed by atoms with Gasteiger partial charge in [-0.05, 0) is 36.2 Å². The Hall–Kier alpha value is -4.07. The fourth-order valence-corrected chi connectivity index (χ4v) is 3.18. The molecule has 0 radical (unpaired) electrons. The second-order valence-corrected chi connectivity index (χ2v) is 6.71. The molecule has 3 heterocycles. The van der Waals surface area contributed by atoms with Gasteiger partial charge in [-0.3, -0.25) is 4.98 Å². The van der Waals surface area contributed by atoms with Gasteiger partial charge in [0.2, 0.25) is 5.95 Å². The van der Waals surface area contributed by atoms with Crippen LogP contribution in [0, 0.1) is 0 Å². The highest BCUT2D eigenvalue weighted by Crippen LogP contribution is 2.30. The predicted molar refractivity (Wildman–Crippen MR) is 121 cm³/mol. The molecular formula is C23H23N7O. The third kappa shape index (κ3) is 4.75. The van der Waals surface area contributed by atoms with Crippen LogP contribution in [0.5, 0.6) is 5.75 Å². The second kappa shape index (κ2) is 9.62. The zero-order valence-corrected chi connectivity index (χ0v) is 17.4. The number of rotatable bonds is 8. The van der Waals surface area contributed by atoms with Gasteiger partial charge in [0.15, 0.2) is 5.82 Å². The van der Waals surface area contributed by atoms with Gasteiger partial charge in [-0.25, -0.2) is 15.0 Å². The molecule has 0 amide bonds. The Labute approximate surface area is 180 Å². The SMILES string of the molecule is CNc1nc(NCCc2cccnc2)ncc1-c1ccnc(-c2ccccc2OC)n1. The van der Waals surface area contributed by atoms with Crippen molar-refractivity contribution in [1.29, 1.82) is 0 Å². The molecule has 0 spiro atoms. The van der Waals surface area contributed by atoms with Crippen molar-refractivity contribution < 1.29 is 4.74 Å². The lowest BCUT2D eigenvalue weighted by molar-refractivity contribution is 0.416. The van der Waals surface area contributed by atoms with E-state index in [4.69, 9.17) is 9.72 Å². The summed E-state index contributed by atoms with van der Waals surface area (Å²) in [5.74, 6) is 2.54. The lowest BCUT2D eigenvalue weighted by atomic mass is 10.1. The molecule has 0 atom stereocenters. The highest BCUT2D eigenvalue weighted by molar-refractivity contribution is 5.74. The molecule has 1 aromatic carbocycles. The number of hydrogen-bond acceptors (Lipinski definition) is 8. The first-order chi connectivity index (χ1) is 15.3. The number of anilines is 2. The smallest absolute Gasteiger partial charge is 0.224 e. The van der Waals surface area contributed by atoms with Crippen LogP contribution in [0.25, 0.3) is 22.6 Å². The molecule has 3 aromatic heterocycles. The monoisotopic (exact) mass is 413 g/mol. The van der Waals surface area contributed by atoms with Crippen molar-refractivity contribution in [2.45, 2.75) is 6.42 Å². The van der Waals surface area contributed by atoms with Gasteiger partial charge >= 0.3 is 0 Å². The fraction of sp³-hybridized carbons (Fsp3) is 0.174. The van der Waals surface area contributed by atoms with E-state index in [0.717, 1.165) is 34.6 Å². The summed E-state index contributed by atoms with van der Waals surface area (Å²) in [6.07, 6.45) is 7.95. The molecule has 0 aliphatic rings. The number of aromatic nitrogens is 5. The topological polar surface area (TPSA) is 97.7 Å². The molecule has 156 valence electrons. The number of hydrogen-bond donors (Lipinski definition) is 2. The number of benzene rings is 1. The Morgan fingerprint density at radius 3 is 2.61 bits per heavy atom. The molecule has 8 nitrogen and oxygen atoms in total. The van der Waals surface area contributed by atoms with E-state index in [0.29, 0.717) is 24.1 Å². The maximum absolute atomic E-state index is 5.45. The Morgan fingerprint density at radius 2 is 1.81 bits per heavy atom. The summed E-state index contributed by atoms with van der Waals surface area (Å²) in [7, 11) is 3.46. The van der Waals surface area contributed by atoms with Crippen LogP contribution >= 0.6 is 0 Å². The molecule has 4 aromatic rings. The average Bonchev–Trinajstić information content (AvgIpc) is 2.84. The maximum atomic E-state index is 5.45. The van der Waals surface area contributed by atoms with Gasteiger partial charge in [0.25, 0.3) is 0 Å². The lowest BCUT2D eigenvalue weighted by Crippen LogP contribution is -2.10. The highest BCUT2D eigenvalue weighted by atomic mass is 16.5. The normalized spacial score (nSPS) is 10.5. The number of methoxy groups -OCH3 is 1. The first-order valence-electron chi connectivity index (χ1n) is 9.93. The van der Waals surface area contributed by atoms with Crippen molar-refractivity contribution in [3.8, 4) is 28.4 Å². The molecule has 0 aliphatic heterocycles. The molecule has 0 fully saturated rings. The van der Waals surface area contributed by atoms with Crippen LogP contribution < -0.4 is 15.4 Å². The zero-order chi connectivity index (χ0) is 21.5. The molecule has 0 saturated carbocycles. The third-order valence-corrected chi connectivity index (χ3v) is 4.72. The van der Waals surface area contributed by atoms with Crippen molar-refractivity contribution in [3.63, 3.8) is 0 Å². The van der Waals surface area contributed by atoms with E-state index in [1.54, 1.807) is 25.7 Å². The van der Waals surface area contributed by atoms with E-state index in [1.165, 1.54) is 0 Å². The van der Waals surface area contributed by atoms with Gasteiger partial charge in [0.05, 0.1) is 23.9 Å². The summed E-state index contributed by atoms with van der Waals surface area (Å²) in [6.45, 7) is 0.708. The Bertz CT molecular complexity index is 1150. The summed E-state index contributed by atoms with van der Waals surface area (Å²) in [4.78, 5) is 22.3. The van der Waals surface area contributed by atoms with E-state index in [-0.39, 0.29) is 0 Å². The summed E-state index contributed by atoms with van der Waals surface area (Å²) in [6, 6.07) is 13.5. The van der Waals surface area contributed by atoms with Crippen molar-refractivity contribution in [2.24, 2.45) is 0 Å². The average molecular weight is 413 g/mol. The fourth-order valence-electron chi connectivity index (χ4n) is 3.18. The molecule has 4 rings (SSSR count). The minimum atomic E-state index is 0.552. The number of para-hydroxylation sites is 1. The molecule has 0 unspecified atom stereocenters. The second-order valence-electron chi connectivity index (χ2n) is 6.71. The van der Waals surface area contributed by atoms with Gasteiger partial charge in [0, 0.05) is 38.4 Å². The summed E-state index contributed by atoms with van der Waals surface area (Å²) in [5.41, 5.74) is 3.50. The largest absolute Gasteiger partial charge is 0.496 e. The van der Waals surface area contributed by atoms with Crippen LogP contribution in [0.1, 0.15) is 5.56 Å². The molecule has 8 heteroatoms. The van der Waals surface area contributed by atoms with E-state index in [9.17, 15) is 0 Å². The van der Waals surface area contributed by atoms with E-state index >= 15 is 0 Å². The van der Waals surface area contributed by atoms with Crippen LogP contribution in [0.3, 0.4) is 0 Å². The van der Waals surface area contributed by atoms with Gasteiger partial charge in [-0.1, -0.05) is 18.2 Å². The van der Waals surface area contributed by atoms with Gasteiger partial charge in [-0.2, -0.15) is 4.98 Å². The number of nitrogens with one attached hydrogen (secondary N) is 2. The van der Waals surface area contributed by atoms with Crippen molar-refractivity contribution in [2.75, 3.05) is 31.3 Å². The Balaban J connectivity index is 1.55. The molecule has 2 N–H and O–H groups in total. The summed E-state index contributed by atoms with van der Waals surface area (Å²) < 4.78 is 5.45. The van der Waals surface area contributed by atoms with E-state index < -0.39 is 0 Å². The molecule has 0 saturated heterocycles. The lowest BCUT2D eigenvalue weighted by Gasteiger charge is -2.12. The van der Waals surface area contributed by atoms with Gasteiger partial charge < -0.3 is 15.4 Å².